The topological polar surface area (TPSA) is 58.1 Å². The van der Waals surface area contributed by atoms with Gasteiger partial charge in [0, 0.05) is 24.0 Å². The molecule has 2 aromatic carbocycles. The number of nitrogens with one attached hydrogen (secondary N) is 1. The summed E-state index contributed by atoms with van der Waals surface area (Å²) in [5.41, 5.74) is 5.90. The second-order valence-corrected chi connectivity index (χ2v) is 6.96. The molecule has 1 aliphatic heterocycles. The van der Waals surface area contributed by atoms with Crippen LogP contribution in [0.25, 0.3) is 0 Å². The van der Waals surface area contributed by atoms with Gasteiger partial charge in [-0.2, -0.15) is 0 Å². The van der Waals surface area contributed by atoms with Crippen molar-refractivity contribution in [1.29, 1.82) is 0 Å². The Morgan fingerprint density at radius 2 is 1.85 bits per heavy atom. The quantitative estimate of drug-likeness (QED) is 0.756. The highest BCUT2D eigenvalue weighted by Crippen LogP contribution is 2.29. The van der Waals surface area contributed by atoms with Crippen LogP contribution in [0, 0.1) is 20.8 Å². The molecule has 2 heterocycles. The van der Waals surface area contributed by atoms with Crippen LogP contribution in [0.4, 0.5) is 17.2 Å². The van der Waals surface area contributed by atoms with Gasteiger partial charge >= 0.3 is 0 Å². The standard InChI is InChI=1S/C22H22N4O/c1-14-8-9-18(15(2)12-14)25-21-13-19(23-16(3)24-21)22(27)26-11-10-17-6-4-5-7-20(17)26/h4-9,12-13H,10-11H2,1-3H3,(H,23,24,25). The van der Waals surface area contributed by atoms with E-state index in [1.165, 1.54) is 11.1 Å². The number of amides is 1. The maximum absolute atomic E-state index is 13.1. The Bertz CT molecular complexity index is 1030. The smallest absolute Gasteiger partial charge is 0.277 e. The lowest BCUT2D eigenvalue weighted by Gasteiger charge is -2.17. The molecule has 0 atom stereocenters. The molecule has 136 valence electrons. The Labute approximate surface area is 159 Å². The molecule has 1 aromatic heterocycles. The lowest BCUT2D eigenvalue weighted by Crippen LogP contribution is -2.30. The minimum absolute atomic E-state index is 0.0888. The number of hydrogen-bond acceptors (Lipinski definition) is 4. The van der Waals surface area contributed by atoms with E-state index in [1.54, 1.807) is 11.0 Å². The number of hydrogen-bond donors (Lipinski definition) is 1. The normalized spacial score (nSPS) is 12.8. The number of carbonyl (C=O) groups is 1. The third-order valence-electron chi connectivity index (χ3n) is 4.83. The Morgan fingerprint density at radius 3 is 2.67 bits per heavy atom. The number of nitrogens with zero attached hydrogens (tertiary/aromatic N) is 3. The molecule has 0 unspecified atom stereocenters. The molecule has 0 saturated heterocycles. The zero-order valence-electron chi connectivity index (χ0n) is 15.8. The van der Waals surface area contributed by atoms with Crippen LogP contribution >= 0.6 is 0 Å². The van der Waals surface area contributed by atoms with Gasteiger partial charge in [-0.05, 0) is 50.5 Å². The van der Waals surface area contributed by atoms with Crippen molar-refractivity contribution in [3.8, 4) is 0 Å². The summed E-state index contributed by atoms with van der Waals surface area (Å²) in [7, 11) is 0. The van der Waals surface area contributed by atoms with Crippen molar-refractivity contribution in [3.63, 3.8) is 0 Å². The minimum Gasteiger partial charge on any atom is -0.340 e. The summed E-state index contributed by atoms with van der Waals surface area (Å²) >= 11 is 0. The van der Waals surface area contributed by atoms with E-state index in [0.717, 1.165) is 23.4 Å². The molecule has 0 bridgehead atoms. The van der Waals surface area contributed by atoms with E-state index in [4.69, 9.17) is 0 Å². The minimum atomic E-state index is -0.0888. The predicted molar refractivity (Wildman–Crippen MR) is 108 cm³/mol. The molecule has 5 heteroatoms. The highest BCUT2D eigenvalue weighted by molar-refractivity contribution is 6.06. The van der Waals surface area contributed by atoms with Crippen molar-refractivity contribution in [1.82, 2.24) is 9.97 Å². The molecule has 0 fully saturated rings. The van der Waals surface area contributed by atoms with E-state index >= 15 is 0 Å². The van der Waals surface area contributed by atoms with Crippen molar-refractivity contribution in [3.05, 3.63) is 76.7 Å². The molecule has 1 N–H and O–H groups in total. The molecule has 5 nitrogen and oxygen atoms in total. The SMILES string of the molecule is Cc1ccc(Nc2cc(C(=O)N3CCc4ccccc43)nc(C)n2)c(C)c1. The van der Waals surface area contributed by atoms with Crippen LogP contribution < -0.4 is 10.2 Å². The van der Waals surface area contributed by atoms with Crippen molar-refractivity contribution >= 4 is 23.1 Å². The number of carbonyl (C=O) groups excluding carboxylic acids is 1. The number of aromatic nitrogens is 2. The number of rotatable bonds is 3. The van der Waals surface area contributed by atoms with Gasteiger partial charge in [0.25, 0.3) is 5.91 Å². The molecule has 0 aliphatic carbocycles. The summed E-state index contributed by atoms with van der Waals surface area (Å²) in [6.07, 6.45) is 0.875. The second kappa shape index (κ2) is 6.83. The summed E-state index contributed by atoms with van der Waals surface area (Å²) in [5, 5.41) is 3.32. The fourth-order valence-electron chi connectivity index (χ4n) is 3.52. The summed E-state index contributed by atoms with van der Waals surface area (Å²) in [6.45, 7) is 6.61. The Kier molecular flexibility index (Phi) is 4.36. The van der Waals surface area contributed by atoms with Crippen LogP contribution in [0.1, 0.15) is 33.0 Å². The molecular formula is C22H22N4O. The average Bonchev–Trinajstić information content (AvgIpc) is 3.07. The van der Waals surface area contributed by atoms with E-state index in [9.17, 15) is 4.79 Å². The first-order valence-electron chi connectivity index (χ1n) is 9.11. The van der Waals surface area contributed by atoms with Gasteiger partial charge in [0.15, 0.2) is 0 Å². The maximum atomic E-state index is 13.1. The first-order valence-corrected chi connectivity index (χ1v) is 9.11. The Balaban J connectivity index is 1.64. The number of aryl methyl sites for hydroxylation is 3. The van der Waals surface area contributed by atoms with Crippen LogP contribution in [0.5, 0.6) is 0 Å². The monoisotopic (exact) mass is 358 g/mol. The number of benzene rings is 2. The van der Waals surface area contributed by atoms with Crippen LogP contribution in [0.15, 0.2) is 48.5 Å². The van der Waals surface area contributed by atoms with Gasteiger partial charge in [0.05, 0.1) is 0 Å². The van der Waals surface area contributed by atoms with Gasteiger partial charge < -0.3 is 10.2 Å². The highest BCUT2D eigenvalue weighted by atomic mass is 16.2. The molecule has 0 radical (unpaired) electrons. The third-order valence-corrected chi connectivity index (χ3v) is 4.83. The van der Waals surface area contributed by atoms with Crippen molar-refractivity contribution in [2.75, 3.05) is 16.8 Å². The van der Waals surface area contributed by atoms with Crippen molar-refractivity contribution in [2.24, 2.45) is 0 Å². The van der Waals surface area contributed by atoms with E-state index in [0.29, 0.717) is 23.9 Å². The first kappa shape index (κ1) is 17.2. The van der Waals surface area contributed by atoms with Gasteiger partial charge in [-0.1, -0.05) is 35.9 Å². The Hall–Kier alpha value is -3.21. The molecule has 1 aliphatic rings. The molecule has 4 rings (SSSR count). The van der Waals surface area contributed by atoms with E-state index < -0.39 is 0 Å². The molecule has 27 heavy (non-hydrogen) atoms. The fraction of sp³-hybridized carbons (Fsp3) is 0.227. The van der Waals surface area contributed by atoms with Crippen LogP contribution in [0.2, 0.25) is 0 Å². The number of fused-ring (bicyclic) bond motifs is 1. The van der Waals surface area contributed by atoms with Gasteiger partial charge in [-0.3, -0.25) is 4.79 Å². The molecule has 3 aromatic rings. The summed E-state index contributed by atoms with van der Waals surface area (Å²) in [4.78, 5) is 23.7. The van der Waals surface area contributed by atoms with Gasteiger partial charge in [0.1, 0.15) is 17.3 Å². The molecule has 1 amide bonds. The zero-order valence-corrected chi connectivity index (χ0v) is 15.8. The van der Waals surface area contributed by atoms with Crippen LogP contribution in [-0.2, 0) is 6.42 Å². The second-order valence-electron chi connectivity index (χ2n) is 6.96. The van der Waals surface area contributed by atoms with Crippen molar-refractivity contribution in [2.45, 2.75) is 27.2 Å². The first-order chi connectivity index (χ1) is 13.0. The van der Waals surface area contributed by atoms with Gasteiger partial charge in [0.2, 0.25) is 0 Å². The van der Waals surface area contributed by atoms with E-state index in [2.05, 4.69) is 47.3 Å². The van der Waals surface area contributed by atoms with E-state index in [1.807, 2.05) is 31.2 Å². The lowest BCUT2D eigenvalue weighted by atomic mass is 10.1. The largest absolute Gasteiger partial charge is 0.340 e. The van der Waals surface area contributed by atoms with Gasteiger partial charge in [-0.25, -0.2) is 9.97 Å². The molecular weight excluding hydrogens is 336 g/mol. The third kappa shape index (κ3) is 3.40. The maximum Gasteiger partial charge on any atom is 0.277 e. The van der Waals surface area contributed by atoms with E-state index in [-0.39, 0.29) is 5.91 Å². The number of anilines is 3. The average molecular weight is 358 g/mol. The summed E-state index contributed by atoms with van der Waals surface area (Å²) in [5.74, 6) is 1.11. The molecule has 0 spiro atoms. The van der Waals surface area contributed by atoms with Gasteiger partial charge in [-0.15, -0.1) is 0 Å². The summed E-state index contributed by atoms with van der Waals surface area (Å²) in [6, 6.07) is 16.0. The number of para-hydroxylation sites is 1. The fourth-order valence-corrected chi connectivity index (χ4v) is 3.52. The molecule has 0 saturated carbocycles. The lowest BCUT2D eigenvalue weighted by molar-refractivity contribution is 0.0984. The van der Waals surface area contributed by atoms with Crippen molar-refractivity contribution < 1.29 is 4.79 Å². The van der Waals surface area contributed by atoms with Crippen LogP contribution in [0.3, 0.4) is 0 Å². The van der Waals surface area contributed by atoms with Crippen LogP contribution in [-0.4, -0.2) is 22.4 Å². The summed E-state index contributed by atoms with van der Waals surface area (Å²) < 4.78 is 0. The zero-order chi connectivity index (χ0) is 19.0. The predicted octanol–water partition coefficient (Wildman–Crippen LogP) is 4.35. The highest BCUT2D eigenvalue weighted by Gasteiger charge is 2.26. The Morgan fingerprint density at radius 1 is 1.04 bits per heavy atom.